The SMILES string of the molecule is C=C(C)[C@]1(O)CCC2=C3O[C@](C)(CCC2=O)[C@@H](OC(C)=O)CC/C(C)=C\[C@@H]31. The molecule has 148 valence electrons. The van der Waals surface area contributed by atoms with Crippen LogP contribution >= 0.6 is 0 Å². The number of ketones is 1. The molecule has 2 heterocycles. The summed E-state index contributed by atoms with van der Waals surface area (Å²) in [6, 6.07) is 0. The molecule has 3 rings (SSSR count). The van der Waals surface area contributed by atoms with E-state index in [-0.39, 0.29) is 11.8 Å². The molecule has 2 bridgehead atoms. The summed E-state index contributed by atoms with van der Waals surface area (Å²) in [5.41, 5.74) is 0.467. The van der Waals surface area contributed by atoms with Crippen molar-refractivity contribution in [2.75, 3.05) is 0 Å². The van der Waals surface area contributed by atoms with Crippen molar-refractivity contribution in [1.82, 2.24) is 0 Å². The van der Waals surface area contributed by atoms with Crippen LogP contribution in [-0.4, -0.2) is 34.2 Å². The molecule has 0 spiro atoms. The Morgan fingerprint density at radius 2 is 2.00 bits per heavy atom. The van der Waals surface area contributed by atoms with E-state index in [1.165, 1.54) is 6.92 Å². The number of ether oxygens (including phenoxy) is 2. The van der Waals surface area contributed by atoms with Gasteiger partial charge in [0.25, 0.3) is 0 Å². The molecule has 0 unspecified atom stereocenters. The van der Waals surface area contributed by atoms with Crippen molar-refractivity contribution < 1.29 is 24.2 Å². The second-order valence-electron chi connectivity index (χ2n) is 8.51. The molecule has 0 aromatic heterocycles. The highest BCUT2D eigenvalue weighted by atomic mass is 16.6. The lowest BCUT2D eigenvalue weighted by molar-refractivity contribution is -0.167. The summed E-state index contributed by atoms with van der Waals surface area (Å²) in [4.78, 5) is 24.5. The first-order chi connectivity index (χ1) is 12.6. The van der Waals surface area contributed by atoms with E-state index in [1.54, 1.807) is 0 Å². The number of carbonyl (C=O) groups excluding carboxylic acids is 2. The minimum Gasteiger partial charge on any atom is -0.487 e. The molecule has 0 aromatic rings. The molecule has 0 saturated heterocycles. The van der Waals surface area contributed by atoms with Crippen molar-refractivity contribution >= 4 is 11.8 Å². The summed E-state index contributed by atoms with van der Waals surface area (Å²) >= 11 is 0. The van der Waals surface area contributed by atoms with Gasteiger partial charge >= 0.3 is 5.97 Å². The Morgan fingerprint density at radius 3 is 2.63 bits per heavy atom. The van der Waals surface area contributed by atoms with Crippen molar-refractivity contribution in [3.63, 3.8) is 0 Å². The van der Waals surface area contributed by atoms with Crippen LogP contribution in [0.4, 0.5) is 0 Å². The Hall–Kier alpha value is -1.88. The number of aliphatic hydroxyl groups is 1. The summed E-state index contributed by atoms with van der Waals surface area (Å²) in [6.45, 7) is 11.1. The van der Waals surface area contributed by atoms with Gasteiger partial charge in [0.15, 0.2) is 5.78 Å². The van der Waals surface area contributed by atoms with Gasteiger partial charge in [0.2, 0.25) is 0 Å². The number of fused-ring (bicyclic) bond motifs is 1. The third-order valence-electron chi connectivity index (χ3n) is 6.36. The minimum absolute atomic E-state index is 0.0655. The molecule has 0 aromatic carbocycles. The van der Waals surface area contributed by atoms with E-state index in [1.807, 2.05) is 26.8 Å². The third kappa shape index (κ3) is 3.49. The third-order valence-corrected chi connectivity index (χ3v) is 6.36. The van der Waals surface area contributed by atoms with Gasteiger partial charge in [-0.3, -0.25) is 9.59 Å². The number of hydrogen-bond donors (Lipinski definition) is 1. The zero-order chi connectivity index (χ0) is 20.0. The van der Waals surface area contributed by atoms with Crippen LogP contribution in [0.15, 0.2) is 35.1 Å². The Labute approximate surface area is 161 Å². The number of hydrogen-bond acceptors (Lipinski definition) is 5. The number of carbonyl (C=O) groups is 2. The average Bonchev–Trinajstić information content (AvgIpc) is 2.67. The zero-order valence-electron chi connectivity index (χ0n) is 16.8. The van der Waals surface area contributed by atoms with Crippen LogP contribution in [0, 0.1) is 5.92 Å². The van der Waals surface area contributed by atoms with E-state index in [2.05, 4.69) is 6.58 Å². The van der Waals surface area contributed by atoms with Crippen LogP contribution in [0.3, 0.4) is 0 Å². The molecule has 3 aliphatic rings. The topological polar surface area (TPSA) is 72.8 Å². The summed E-state index contributed by atoms with van der Waals surface area (Å²) in [6.07, 6.45) is 4.67. The highest BCUT2D eigenvalue weighted by molar-refractivity contribution is 5.96. The van der Waals surface area contributed by atoms with Crippen LogP contribution in [0.1, 0.15) is 66.2 Å². The van der Waals surface area contributed by atoms with Gasteiger partial charge in [-0.25, -0.2) is 0 Å². The van der Waals surface area contributed by atoms with E-state index in [4.69, 9.17) is 9.47 Å². The summed E-state index contributed by atoms with van der Waals surface area (Å²) in [7, 11) is 0. The molecule has 2 aliphatic heterocycles. The summed E-state index contributed by atoms with van der Waals surface area (Å²) < 4.78 is 12.1. The smallest absolute Gasteiger partial charge is 0.303 e. The summed E-state index contributed by atoms with van der Waals surface area (Å²) in [5, 5.41) is 11.4. The first kappa shape index (κ1) is 19.9. The van der Waals surface area contributed by atoms with Crippen molar-refractivity contribution in [2.45, 2.75) is 83.5 Å². The lowest BCUT2D eigenvalue weighted by Gasteiger charge is -2.43. The van der Waals surface area contributed by atoms with Gasteiger partial charge in [0, 0.05) is 18.9 Å². The monoisotopic (exact) mass is 374 g/mol. The van der Waals surface area contributed by atoms with Gasteiger partial charge in [-0.1, -0.05) is 18.2 Å². The fourth-order valence-corrected chi connectivity index (χ4v) is 4.55. The molecular formula is C22H30O5. The molecule has 5 heteroatoms. The number of esters is 1. The van der Waals surface area contributed by atoms with Crippen LogP contribution < -0.4 is 0 Å². The average molecular weight is 374 g/mol. The molecule has 0 saturated carbocycles. The predicted octanol–water partition coefficient (Wildman–Crippen LogP) is 3.77. The van der Waals surface area contributed by atoms with E-state index >= 15 is 0 Å². The van der Waals surface area contributed by atoms with Crippen molar-refractivity contribution in [3.05, 3.63) is 35.1 Å². The Balaban J connectivity index is 2.17. The standard InChI is InChI=1S/C22H30O5/c1-13(2)22(25)11-8-16-18(24)9-10-21(5)19(26-15(4)23)7-6-14(3)12-17(22)20(16)27-21/h12,17,19,25H,1,6-11H2,2-5H3/b14-12-/t17-,19-,21+,22+/m0/s1. The zero-order valence-corrected chi connectivity index (χ0v) is 16.8. The van der Waals surface area contributed by atoms with E-state index in [9.17, 15) is 14.7 Å². The van der Waals surface area contributed by atoms with E-state index in [0.29, 0.717) is 49.0 Å². The van der Waals surface area contributed by atoms with Crippen LogP contribution in [0.2, 0.25) is 0 Å². The Morgan fingerprint density at radius 1 is 1.30 bits per heavy atom. The molecule has 0 fully saturated rings. The van der Waals surface area contributed by atoms with Crippen molar-refractivity contribution in [1.29, 1.82) is 0 Å². The first-order valence-electron chi connectivity index (χ1n) is 9.75. The van der Waals surface area contributed by atoms with Gasteiger partial charge in [-0.05, 0) is 58.4 Å². The number of Topliss-reactive ketones (excluding diaryl/α,β-unsaturated/α-hetero) is 1. The fourth-order valence-electron chi connectivity index (χ4n) is 4.55. The van der Waals surface area contributed by atoms with Crippen LogP contribution in [0.25, 0.3) is 0 Å². The Bertz CT molecular complexity index is 746. The molecule has 4 atom stereocenters. The molecule has 27 heavy (non-hydrogen) atoms. The number of rotatable bonds is 2. The van der Waals surface area contributed by atoms with Gasteiger partial charge < -0.3 is 14.6 Å². The van der Waals surface area contributed by atoms with Gasteiger partial charge in [0.05, 0.1) is 11.5 Å². The molecule has 0 amide bonds. The lowest BCUT2D eigenvalue weighted by Crippen LogP contribution is -2.47. The lowest BCUT2D eigenvalue weighted by atomic mass is 9.70. The predicted molar refractivity (Wildman–Crippen MR) is 102 cm³/mol. The maximum absolute atomic E-state index is 12.8. The van der Waals surface area contributed by atoms with Crippen molar-refractivity contribution in [2.24, 2.45) is 5.92 Å². The normalized spacial score (nSPS) is 38.4. The molecule has 1 N–H and O–H groups in total. The molecule has 0 radical (unpaired) electrons. The molecular weight excluding hydrogens is 344 g/mol. The summed E-state index contributed by atoms with van der Waals surface area (Å²) in [5.74, 6) is -0.198. The fraction of sp³-hybridized carbons (Fsp3) is 0.636. The van der Waals surface area contributed by atoms with E-state index < -0.39 is 23.2 Å². The van der Waals surface area contributed by atoms with Crippen LogP contribution in [0.5, 0.6) is 0 Å². The number of allylic oxidation sites excluding steroid dienone is 2. The molecule has 1 aliphatic carbocycles. The Kier molecular flexibility index (Phi) is 5.10. The van der Waals surface area contributed by atoms with E-state index in [0.717, 1.165) is 12.0 Å². The quantitative estimate of drug-likeness (QED) is 0.588. The second kappa shape index (κ2) is 6.93. The highest BCUT2D eigenvalue weighted by Gasteiger charge is 2.51. The maximum atomic E-state index is 12.8. The van der Waals surface area contributed by atoms with Gasteiger partial charge in [-0.2, -0.15) is 0 Å². The van der Waals surface area contributed by atoms with Crippen LogP contribution in [-0.2, 0) is 19.1 Å². The van der Waals surface area contributed by atoms with Gasteiger partial charge in [0.1, 0.15) is 17.5 Å². The maximum Gasteiger partial charge on any atom is 0.303 e. The minimum atomic E-state index is -1.15. The largest absolute Gasteiger partial charge is 0.487 e. The molecule has 5 nitrogen and oxygen atoms in total. The van der Waals surface area contributed by atoms with Gasteiger partial charge in [-0.15, -0.1) is 0 Å². The van der Waals surface area contributed by atoms with Crippen molar-refractivity contribution in [3.8, 4) is 0 Å². The first-order valence-corrected chi connectivity index (χ1v) is 9.75. The highest BCUT2D eigenvalue weighted by Crippen LogP contribution is 2.49. The second-order valence-corrected chi connectivity index (χ2v) is 8.51.